The largest absolute Gasteiger partial charge is 0.426 e. The average molecular weight is 306 g/mol. The minimum atomic E-state index is -0.356. The maximum absolute atomic E-state index is 12.8. The molecule has 0 radical (unpaired) electrons. The normalized spacial score (nSPS) is 21.4. The van der Waals surface area contributed by atoms with E-state index in [9.17, 15) is 14.0 Å². The van der Waals surface area contributed by atoms with Gasteiger partial charge in [0.05, 0.1) is 5.92 Å². The zero-order valence-corrected chi connectivity index (χ0v) is 13.0. The maximum atomic E-state index is 12.8. The molecular formula is C18H23FO3. The fraction of sp³-hybridized carbons (Fsp3) is 0.556. The van der Waals surface area contributed by atoms with Crippen LogP contribution in [0, 0.1) is 17.7 Å². The zero-order chi connectivity index (χ0) is 15.9. The van der Waals surface area contributed by atoms with Crippen molar-refractivity contribution >= 4 is 11.8 Å². The van der Waals surface area contributed by atoms with E-state index >= 15 is 0 Å². The standard InChI is InChI=1S/C18H23FO3/c1-2-3-4-17(20)13-5-7-14(8-6-13)18(21)22-16-11-9-15(19)10-12-16/h9-14H,2-8H2,1H3/t13-,14-. The molecule has 0 aliphatic heterocycles. The van der Waals surface area contributed by atoms with E-state index in [0.29, 0.717) is 30.8 Å². The SMILES string of the molecule is CCCCC(=O)[C@H]1CC[C@H](C(=O)Oc2ccc(F)cc2)CC1. The van der Waals surface area contributed by atoms with Crippen LogP contribution in [-0.2, 0) is 9.59 Å². The molecule has 4 heteroatoms. The minimum absolute atomic E-state index is 0.112. The van der Waals surface area contributed by atoms with Crippen LogP contribution in [0.3, 0.4) is 0 Å². The van der Waals surface area contributed by atoms with Gasteiger partial charge in [0.15, 0.2) is 0 Å². The van der Waals surface area contributed by atoms with Crippen molar-refractivity contribution in [1.82, 2.24) is 0 Å². The summed E-state index contributed by atoms with van der Waals surface area (Å²) in [6.07, 6.45) is 5.57. The van der Waals surface area contributed by atoms with Crippen LogP contribution in [0.2, 0.25) is 0 Å². The van der Waals surface area contributed by atoms with Gasteiger partial charge in [-0.25, -0.2) is 4.39 Å². The molecule has 0 saturated heterocycles. The third-order valence-corrected chi connectivity index (χ3v) is 4.32. The van der Waals surface area contributed by atoms with Gasteiger partial charge < -0.3 is 4.74 Å². The molecule has 1 fully saturated rings. The molecule has 3 nitrogen and oxygen atoms in total. The van der Waals surface area contributed by atoms with Gasteiger partial charge in [0, 0.05) is 12.3 Å². The Morgan fingerprint density at radius 3 is 2.27 bits per heavy atom. The van der Waals surface area contributed by atoms with E-state index in [1.807, 2.05) is 0 Å². The molecule has 1 aromatic carbocycles. The molecule has 1 saturated carbocycles. The predicted molar refractivity (Wildman–Crippen MR) is 82.0 cm³/mol. The number of esters is 1. The summed E-state index contributed by atoms with van der Waals surface area (Å²) in [4.78, 5) is 24.1. The van der Waals surface area contributed by atoms with Crippen molar-refractivity contribution in [2.75, 3.05) is 0 Å². The first-order valence-corrected chi connectivity index (χ1v) is 8.10. The van der Waals surface area contributed by atoms with E-state index in [0.717, 1.165) is 25.7 Å². The highest BCUT2D eigenvalue weighted by atomic mass is 19.1. The summed E-state index contributed by atoms with van der Waals surface area (Å²) in [5.74, 6) is 0.0402. The molecular weight excluding hydrogens is 283 g/mol. The topological polar surface area (TPSA) is 43.4 Å². The number of rotatable bonds is 6. The van der Waals surface area contributed by atoms with E-state index in [1.54, 1.807) is 0 Å². The number of halogens is 1. The lowest BCUT2D eigenvalue weighted by molar-refractivity contribution is -0.141. The third-order valence-electron chi connectivity index (χ3n) is 4.32. The number of carbonyl (C=O) groups excluding carboxylic acids is 2. The van der Waals surface area contributed by atoms with Gasteiger partial charge in [0.25, 0.3) is 0 Å². The highest BCUT2D eigenvalue weighted by Gasteiger charge is 2.30. The number of ether oxygens (including phenoxy) is 1. The van der Waals surface area contributed by atoms with Crippen molar-refractivity contribution in [2.45, 2.75) is 51.9 Å². The summed E-state index contributed by atoms with van der Waals surface area (Å²) < 4.78 is 18.1. The Morgan fingerprint density at radius 1 is 1.09 bits per heavy atom. The second-order valence-corrected chi connectivity index (χ2v) is 5.99. The van der Waals surface area contributed by atoms with Crippen molar-refractivity contribution in [2.24, 2.45) is 11.8 Å². The summed E-state index contributed by atoms with van der Waals surface area (Å²) in [7, 11) is 0. The molecule has 1 aliphatic rings. The Hall–Kier alpha value is -1.71. The predicted octanol–water partition coefficient (Wildman–Crippen LogP) is 4.30. The maximum Gasteiger partial charge on any atom is 0.314 e. The molecule has 0 bridgehead atoms. The molecule has 0 atom stereocenters. The van der Waals surface area contributed by atoms with Crippen LogP contribution < -0.4 is 4.74 Å². The first kappa shape index (κ1) is 16.7. The Balaban J connectivity index is 1.79. The van der Waals surface area contributed by atoms with Crippen molar-refractivity contribution in [1.29, 1.82) is 0 Å². The van der Waals surface area contributed by atoms with Crippen LogP contribution >= 0.6 is 0 Å². The molecule has 0 unspecified atom stereocenters. The van der Waals surface area contributed by atoms with E-state index in [2.05, 4.69) is 6.92 Å². The van der Waals surface area contributed by atoms with E-state index in [-0.39, 0.29) is 23.6 Å². The molecule has 0 N–H and O–H groups in total. The molecule has 2 rings (SSSR count). The van der Waals surface area contributed by atoms with Crippen molar-refractivity contribution < 1.29 is 18.7 Å². The van der Waals surface area contributed by atoms with Crippen molar-refractivity contribution in [3.05, 3.63) is 30.1 Å². The smallest absolute Gasteiger partial charge is 0.314 e. The lowest BCUT2D eigenvalue weighted by Gasteiger charge is -2.26. The molecule has 0 aromatic heterocycles. The molecule has 120 valence electrons. The van der Waals surface area contributed by atoms with Crippen LogP contribution in [0.5, 0.6) is 5.75 Å². The highest BCUT2D eigenvalue weighted by Crippen LogP contribution is 2.31. The Labute approximate surface area is 130 Å². The first-order chi connectivity index (χ1) is 10.6. The number of ketones is 1. The minimum Gasteiger partial charge on any atom is -0.426 e. The average Bonchev–Trinajstić information content (AvgIpc) is 2.55. The van der Waals surface area contributed by atoms with Crippen LogP contribution in [0.4, 0.5) is 4.39 Å². The number of Topliss-reactive ketones (excluding diaryl/α,β-unsaturated/α-hetero) is 1. The van der Waals surface area contributed by atoms with Crippen molar-refractivity contribution in [3.63, 3.8) is 0 Å². The molecule has 22 heavy (non-hydrogen) atoms. The van der Waals surface area contributed by atoms with Gasteiger partial charge in [-0.2, -0.15) is 0 Å². The second-order valence-electron chi connectivity index (χ2n) is 5.99. The van der Waals surface area contributed by atoms with Gasteiger partial charge in [-0.3, -0.25) is 9.59 Å². The Morgan fingerprint density at radius 2 is 1.68 bits per heavy atom. The lowest BCUT2D eigenvalue weighted by Crippen LogP contribution is -2.28. The van der Waals surface area contributed by atoms with E-state index in [1.165, 1.54) is 24.3 Å². The van der Waals surface area contributed by atoms with Crippen LogP contribution in [0.1, 0.15) is 51.9 Å². The molecule has 0 amide bonds. The molecule has 0 spiro atoms. The quantitative estimate of drug-likeness (QED) is 0.581. The number of hydrogen-bond donors (Lipinski definition) is 0. The van der Waals surface area contributed by atoms with Gasteiger partial charge in [-0.15, -0.1) is 0 Å². The summed E-state index contributed by atoms with van der Waals surface area (Å²) in [5.41, 5.74) is 0. The number of hydrogen-bond acceptors (Lipinski definition) is 3. The summed E-state index contributed by atoms with van der Waals surface area (Å²) in [6.45, 7) is 2.08. The van der Waals surface area contributed by atoms with Crippen molar-refractivity contribution in [3.8, 4) is 5.75 Å². The van der Waals surface area contributed by atoms with Crippen LogP contribution in [-0.4, -0.2) is 11.8 Å². The lowest BCUT2D eigenvalue weighted by atomic mass is 9.79. The highest BCUT2D eigenvalue weighted by molar-refractivity contribution is 5.81. The summed E-state index contributed by atoms with van der Waals surface area (Å²) >= 11 is 0. The number of benzene rings is 1. The number of unbranched alkanes of at least 4 members (excludes halogenated alkanes) is 1. The first-order valence-electron chi connectivity index (χ1n) is 8.10. The monoisotopic (exact) mass is 306 g/mol. The fourth-order valence-electron chi connectivity index (χ4n) is 2.91. The van der Waals surface area contributed by atoms with Gasteiger partial charge in [-0.1, -0.05) is 13.3 Å². The van der Waals surface area contributed by atoms with Crippen LogP contribution in [0.25, 0.3) is 0 Å². The van der Waals surface area contributed by atoms with Gasteiger partial charge >= 0.3 is 5.97 Å². The summed E-state index contributed by atoms with van der Waals surface area (Å²) in [5, 5.41) is 0. The fourth-order valence-corrected chi connectivity index (χ4v) is 2.91. The molecule has 1 aliphatic carbocycles. The zero-order valence-electron chi connectivity index (χ0n) is 13.0. The Kier molecular flexibility index (Phi) is 6.10. The van der Waals surface area contributed by atoms with Gasteiger partial charge in [0.1, 0.15) is 17.3 Å². The van der Waals surface area contributed by atoms with Crippen LogP contribution in [0.15, 0.2) is 24.3 Å². The second kappa shape index (κ2) is 8.06. The Bertz CT molecular complexity index is 502. The van der Waals surface area contributed by atoms with Gasteiger partial charge in [0.2, 0.25) is 0 Å². The molecule has 0 heterocycles. The number of carbonyl (C=O) groups is 2. The summed E-state index contributed by atoms with van der Waals surface area (Å²) in [6, 6.07) is 5.44. The molecule has 1 aromatic rings. The van der Waals surface area contributed by atoms with E-state index < -0.39 is 0 Å². The van der Waals surface area contributed by atoms with E-state index in [4.69, 9.17) is 4.74 Å². The van der Waals surface area contributed by atoms with Gasteiger partial charge in [-0.05, 0) is 56.4 Å². The third kappa shape index (κ3) is 4.65.